The van der Waals surface area contributed by atoms with E-state index in [0.29, 0.717) is 0 Å². The van der Waals surface area contributed by atoms with Gasteiger partial charge < -0.3 is 4.74 Å². The van der Waals surface area contributed by atoms with Crippen LogP contribution >= 0.6 is 0 Å². The minimum atomic E-state index is -0.693. The fraction of sp³-hybridized carbons (Fsp3) is 0.429. The van der Waals surface area contributed by atoms with Crippen LogP contribution in [0.3, 0.4) is 0 Å². The molecule has 0 aromatic rings. The normalized spacial score (nSPS) is 20.8. The molecule has 1 aliphatic heterocycles. The molecule has 1 N–H and O–H groups in total. The van der Waals surface area contributed by atoms with Gasteiger partial charge in [0, 0.05) is 0 Å². The highest BCUT2D eigenvalue weighted by molar-refractivity contribution is 6.03. The van der Waals surface area contributed by atoms with Gasteiger partial charge >= 0.3 is 12.1 Å². The number of amides is 1. The maximum atomic E-state index is 10.7. The zero-order valence-corrected chi connectivity index (χ0v) is 6.38. The van der Waals surface area contributed by atoms with Crippen molar-refractivity contribution in [2.24, 2.45) is 5.92 Å². The Morgan fingerprint density at radius 2 is 2.09 bits per heavy atom. The maximum absolute atomic E-state index is 10.7. The number of rotatable bonds is 1. The molecule has 0 atom stereocenters. The second kappa shape index (κ2) is 2.74. The number of hydrogen-bond acceptors (Lipinski definition) is 3. The number of allylic oxidation sites excluding steroid dienone is 1. The van der Waals surface area contributed by atoms with Crippen molar-refractivity contribution in [1.29, 1.82) is 0 Å². The van der Waals surface area contributed by atoms with Gasteiger partial charge in [-0.15, -0.1) is 0 Å². The highest BCUT2D eigenvalue weighted by atomic mass is 16.6. The summed E-state index contributed by atoms with van der Waals surface area (Å²) < 4.78 is 4.22. The van der Waals surface area contributed by atoms with Gasteiger partial charge in [-0.25, -0.2) is 9.59 Å². The third kappa shape index (κ3) is 1.80. The average molecular weight is 155 g/mol. The Kier molecular flexibility index (Phi) is 1.94. The maximum Gasteiger partial charge on any atom is 0.419 e. The SMILES string of the molecule is CC(C)/C=C1\NC(=O)OC1=O. The molecular formula is C7H9NO3. The molecular weight excluding hydrogens is 146 g/mol. The van der Waals surface area contributed by atoms with Crippen molar-refractivity contribution in [3.63, 3.8) is 0 Å². The zero-order valence-electron chi connectivity index (χ0n) is 6.38. The Morgan fingerprint density at radius 3 is 2.45 bits per heavy atom. The summed E-state index contributed by atoms with van der Waals surface area (Å²) in [4.78, 5) is 21.2. The van der Waals surface area contributed by atoms with Crippen molar-refractivity contribution in [1.82, 2.24) is 5.32 Å². The largest absolute Gasteiger partial charge is 0.419 e. The van der Waals surface area contributed by atoms with Gasteiger partial charge in [-0.2, -0.15) is 0 Å². The highest BCUT2D eigenvalue weighted by Crippen LogP contribution is 2.07. The molecule has 0 bridgehead atoms. The molecule has 1 rings (SSSR count). The number of nitrogens with one attached hydrogen (secondary N) is 1. The summed E-state index contributed by atoms with van der Waals surface area (Å²) in [5.41, 5.74) is 0.241. The molecule has 1 aliphatic rings. The number of hydrogen-bond donors (Lipinski definition) is 1. The molecule has 1 fully saturated rings. The molecule has 4 nitrogen and oxygen atoms in total. The van der Waals surface area contributed by atoms with Crippen molar-refractivity contribution in [2.75, 3.05) is 0 Å². The third-order valence-electron chi connectivity index (χ3n) is 1.14. The summed E-state index contributed by atoms with van der Waals surface area (Å²) in [6, 6.07) is 0. The molecule has 0 radical (unpaired) electrons. The first kappa shape index (κ1) is 7.78. The fourth-order valence-electron chi connectivity index (χ4n) is 0.769. The molecule has 0 aromatic carbocycles. The molecule has 0 aliphatic carbocycles. The minimum Gasteiger partial charge on any atom is -0.371 e. The number of carbonyl (C=O) groups excluding carboxylic acids is 2. The monoisotopic (exact) mass is 155 g/mol. The molecule has 0 unspecified atom stereocenters. The van der Waals surface area contributed by atoms with E-state index in [1.54, 1.807) is 6.08 Å². The van der Waals surface area contributed by atoms with Crippen molar-refractivity contribution in [3.05, 3.63) is 11.8 Å². The number of esters is 1. The van der Waals surface area contributed by atoms with Crippen molar-refractivity contribution in [3.8, 4) is 0 Å². The van der Waals surface area contributed by atoms with Crippen LogP contribution in [0.5, 0.6) is 0 Å². The minimum absolute atomic E-state index is 0.218. The van der Waals surface area contributed by atoms with Crippen molar-refractivity contribution in [2.45, 2.75) is 13.8 Å². The van der Waals surface area contributed by atoms with E-state index in [2.05, 4.69) is 10.1 Å². The van der Waals surface area contributed by atoms with Crippen LogP contribution in [-0.4, -0.2) is 12.1 Å². The summed E-state index contributed by atoms with van der Waals surface area (Å²) >= 11 is 0. The predicted molar refractivity (Wildman–Crippen MR) is 37.5 cm³/mol. The van der Waals surface area contributed by atoms with Crippen LogP contribution in [0.15, 0.2) is 11.8 Å². The van der Waals surface area contributed by atoms with Crippen LogP contribution in [0, 0.1) is 5.92 Å². The first-order chi connectivity index (χ1) is 5.09. The van der Waals surface area contributed by atoms with E-state index in [1.807, 2.05) is 13.8 Å². The molecule has 11 heavy (non-hydrogen) atoms. The van der Waals surface area contributed by atoms with Crippen LogP contribution < -0.4 is 5.32 Å². The topological polar surface area (TPSA) is 55.4 Å². The van der Waals surface area contributed by atoms with Gasteiger partial charge in [-0.1, -0.05) is 19.9 Å². The third-order valence-corrected chi connectivity index (χ3v) is 1.14. The van der Waals surface area contributed by atoms with E-state index in [-0.39, 0.29) is 11.6 Å². The van der Waals surface area contributed by atoms with Gasteiger partial charge in [0.1, 0.15) is 5.70 Å². The summed E-state index contributed by atoms with van der Waals surface area (Å²) in [6.07, 6.45) is 0.953. The first-order valence-electron chi connectivity index (χ1n) is 3.34. The van der Waals surface area contributed by atoms with Crippen molar-refractivity contribution >= 4 is 12.1 Å². The van der Waals surface area contributed by atoms with E-state index in [1.165, 1.54) is 0 Å². The molecule has 1 amide bonds. The lowest BCUT2D eigenvalue weighted by Crippen LogP contribution is -2.12. The van der Waals surface area contributed by atoms with Crippen LogP contribution in [0.2, 0.25) is 0 Å². The lowest BCUT2D eigenvalue weighted by molar-refractivity contribution is -0.130. The zero-order chi connectivity index (χ0) is 8.43. The van der Waals surface area contributed by atoms with Gasteiger partial charge in [-0.05, 0) is 5.92 Å². The standard InChI is InChI=1S/C7H9NO3/c1-4(2)3-5-6(9)11-7(10)8-5/h3-4H,1-2H3,(H,8,10)/b5-3-. The van der Waals surface area contributed by atoms with Crippen molar-refractivity contribution < 1.29 is 14.3 Å². The quantitative estimate of drug-likeness (QED) is 0.346. The number of alkyl carbamates (subject to hydrolysis) is 1. The summed E-state index contributed by atoms with van der Waals surface area (Å²) in [7, 11) is 0. The lowest BCUT2D eigenvalue weighted by atomic mass is 10.2. The van der Waals surface area contributed by atoms with Crippen LogP contribution in [-0.2, 0) is 9.53 Å². The Labute approximate surface area is 64.2 Å². The van der Waals surface area contributed by atoms with Gasteiger partial charge in [0.05, 0.1) is 0 Å². The Balaban J connectivity index is 2.75. The van der Waals surface area contributed by atoms with Gasteiger partial charge in [0.2, 0.25) is 0 Å². The van der Waals surface area contributed by atoms with Gasteiger partial charge in [-0.3, -0.25) is 5.32 Å². The lowest BCUT2D eigenvalue weighted by Gasteiger charge is -1.94. The Bertz CT molecular complexity index is 230. The van der Waals surface area contributed by atoms with Crippen LogP contribution in [0.1, 0.15) is 13.8 Å². The molecule has 1 heterocycles. The number of ether oxygens (including phenoxy) is 1. The van der Waals surface area contributed by atoms with E-state index < -0.39 is 12.1 Å². The van der Waals surface area contributed by atoms with E-state index in [9.17, 15) is 9.59 Å². The van der Waals surface area contributed by atoms with Crippen LogP contribution in [0.25, 0.3) is 0 Å². The molecule has 1 saturated heterocycles. The van der Waals surface area contributed by atoms with E-state index in [4.69, 9.17) is 0 Å². The van der Waals surface area contributed by atoms with E-state index >= 15 is 0 Å². The smallest absolute Gasteiger partial charge is 0.371 e. The fourth-order valence-corrected chi connectivity index (χ4v) is 0.769. The Morgan fingerprint density at radius 1 is 1.45 bits per heavy atom. The molecule has 0 spiro atoms. The highest BCUT2D eigenvalue weighted by Gasteiger charge is 2.25. The second-order valence-electron chi connectivity index (χ2n) is 2.63. The molecule has 4 heteroatoms. The second-order valence-corrected chi connectivity index (χ2v) is 2.63. The molecule has 0 saturated carbocycles. The van der Waals surface area contributed by atoms with Gasteiger partial charge in [0.25, 0.3) is 0 Å². The summed E-state index contributed by atoms with van der Waals surface area (Å²) in [5.74, 6) is -0.375. The van der Waals surface area contributed by atoms with Gasteiger partial charge in [0.15, 0.2) is 0 Å². The summed E-state index contributed by atoms with van der Waals surface area (Å²) in [6.45, 7) is 3.81. The average Bonchev–Trinajstić information content (AvgIpc) is 2.09. The van der Waals surface area contributed by atoms with Crippen LogP contribution in [0.4, 0.5) is 4.79 Å². The Hall–Kier alpha value is -1.32. The first-order valence-corrected chi connectivity index (χ1v) is 3.34. The molecule has 0 aromatic heterocycles. The number of cyclic esters (lactones) is 2. The van der Waals surface area contributed by atoms with E-state index in [0.717, 1.165) is 0 Å². The molecule has 60 valence electrons. The number of carbonyl (C=O) groups is 2. The predicted octanol–water partition coefficient (Wildman–Crippen LogP) is 0.793. The summed E-state index contributed by atoms with van der Waals surface area (Å²) in [5, 5.41) is 2.29.